The second kappa shape index (κ2) is 12.2. The summed E-state index contributed by atoms with van der Waals surface area (Å²) < 4.78 is 58.1. The Morgan fingerprint density at radius 3 is 2.31 bits per heavy atom. The number of hydrogen-bond donors (Lipinski definition) is 0. The summed E-state index contributed by atoms with van der Waals surface area (Å²) in [6, 6.07) is 11.0. The summed E-state index contributed by atoms with van der Waals surface area (Å²) in [6.45, 7) is 4.69. The van der Waals surface area contributed by atoms with Gasteiger partial charge in [0.05, 0.1) is 27.7 Å². The fraction of sp³-hybridized carbons (Fsp3) is 0.440. The Kier molecular flexibility index (Phi) is 9.31. The van der Waals surface area contributed by atoms with Crippen molar-refractivity contribution >= 4 is 64.9 Å². The summed E-state index contributed by atoms with van der Waals surface area (Å²) >= 11 is 1.25. The van der Waals surface area contributed by atoms with Crippen molar-refractivity contribution in [1.29, 1.82) is 0 Å². The molecule has 3 heterocycles. The number of nitrogens with zero attached hydrogens (tertiary/aromatic N) is 4. The monoisotopic (exact) mass is 614 g/mol. The third-order valence-electron chi connectivity index (χ3n) is 6.79. The van der Waals surface area contributed by atoms with Gasteiger partial charge in [0.15, 0.2) is 15.0 Å². The lowest BCUT2D eigenvalue weighted by Gasteiger charge is -2.29. The molecule has 5 rings (SSSR count). The fourth-order valence-electron chi connectivity index (χ4n) is 4.68. The highest BCUT2D eigenvalue weighted by atomic mass is 35.5. The third kappa shape index (κ3) is 6.45. The number of carbonyl (C=O) groups excluding carboxylic acids is 1. The number of thiazole rings is 1. The Balaban J connectivity index is 0.00000353. The molecule has 0 aliphatic carbocycles. The van der Waals surface area contributed by atoms with Gasteiger partial charge in [-0.2, -0.15) is 4.31 Å². The normalized spacial score (nSPS) is 17.3. The molecule has 2 aliphatic rings. The Bertz CT molecular complexity index is 1530. The van der Waals surface area contributed by atoms with Gasteiger partial charge in [-0.1, -0.05) is 17.4 Å². The van der Waals surface area contributed by atoms with Crippen molar-refractivity contribution in [1.82, 2.24) is 14.2 Å². The molecule has 2 aliphatic heterocycles. The van der Waals surface area contributed by atoms with Crippen molar-refractivity contribution in [2.24, 2.45) is 0 Å². The third-order valence-corrected chi connectivity index (χ3v) is 10.9. The maximum Gasteiger partial charge on any atom is 0.260 e. The van der Waals surface area contributed by atoms with E-state index in [4.69, 9.17) is 4.74 Å². The number of anilines is 1. The standard InChI is InChI=1S/C25H30N4O6S3.ClH/c1-37(31,32)22-6-4-5-21-23(22)26-25(36-21)29(14-13-27-15-17-35-18-16-27)24(30)19-7-9-20(10-8-19)38(33,34)28-11-2-3-12-28;/h4-10H,2-3,11-18H2,1H3;1H. The zero-order valence-corrected chi connectivity index (χ0v) is 24.7. The molecule has 2 saturated heterocycles. The van der Waals surface area contributed by atoms with Gasteiger partial charge in [-0.15, -0.1) is 12.4 Å². The molecule has 0 bridgehead atoms. The van der Waals surface area contributed by atoms with E-state index in [0.29, 0.717) is 60.3 Å². The number of hydrogen-bond acceptors (Lipinski definition) is 9. The molecular weight excluding hydrogens is 584 g/mol. The molecule has 212 valence electrons. The number of halogens is 1. The zero-order valence-electron chi connectivity index (χ0n) is 21.5. The van der Waals surface area contributed by atoms with Gasteiger partial charge >= 0.3 is 0 Å². The van der Waals surface area contributed by atoms with E-state index in [1.165, 1.54) is 46.0 Å². The number of sulfonamides is 1. The first-order valence-electron chi connectivity index (χ1n) is 12.5. The van der Waals surface area contributed by atoms with E-state index in [2.05, 4.69) is 9.88 Å². The quantitative estimate of drug-likeness (QED) is 0.380. The molecular formula is C25H31ClN4O6S3. The SMILES string of the molecule is CS(=O)(=O)c1cccc2sc(N(CCN3CCOCC3)C(=O)c3ccc(S(=O)(=O)N4CCCC4)cc3)nc12.Cl. The Labute approximate surface area is 238 Å². The number of carbonyl (C=O) groups is 1. The van der Waals surface area contributed by atoms with Gasteiger partial charge in [0.1, 0.15) is 5.52 Å². The average Bonchev–Trinajstić information content (AvgIpc) is 3.59. The highest BCUT2D eigenvalue weighted by molar-refractivity contribution is 7.91. The maximum absolute atomic E-state index is 13.8. The van der Waals surface area contributed by atoms with Crippen LogP contribution in [0.3, 0.4) is 0 Å². The van der Waals surface area contributed by atoms with Gasteiger partial charge in [-0.3, -0.25) is 14.6 Å². The van der Waals surface area contributed by atoms with E-state index in [9.17, 15) is 21.6 Å². The van der Waals surface area contributed by atoms with Gasteiger partial charge in [0.25, 0.3) is 5.91 Å². The number of morpholine rings is 1. The predicted molar refractivity (Wildman–Crippen MR) is 153 cm³/mol. The maximum atomic E-state index is 13.8. The largest absolute Gasteiger partial charge is 0.379 e. The minimum absolute atomic E-state index is 0. The van der Waals surface area contributed by atoms with Crippen molar-refractivity contribution in [3.8, 4) is 0 Å². The van der Waals surface area contributed by atoms with Crippen molar-refractivity contribution in [2.45, 2.75) is 22.6 Å². The van der Waals surface area contributed by atoms with E-state index >= 15 is 0 Å². The van der Waals surface area contributed by atoms with E-state index in [1.807, 2.05) is 0 Å². The summed E-state index contributed by atoms with van der Waals surface area (Å²) in [7, 11) is -7.10. The Morgan fingerprint density at radius 2 is 1.67 bits per heavy atom. The molecule has 39 heavy (non-hydrogen) atoms. The smallest absolute Gasteiger partial charge is 0.260 e. The van der Waals surface area contributed by atoms with Crippen molar-refractivity contribution < 1.29 is 26.4 Å². The van der Waals surface area contributed by atoms with Crippen molar-refractivity contribution in [3.63, 3.8) is 0 Å². The minimum Gasteiger partial charge on any atom is -0.379 e. The predicted octanol–water partition coefficient (Wildman–Crippen LogP) is 2.89. The first kappa shape index (κ1) is 29.8. The van der Waals surface area contributed by atoms with Gasteiger partial charge in [-0.05, 0) is 49.2 Å². The number of fused-ring (bicyclic) bond motifs is 1. The van der Waals surface area contributed by atoms with Crippen LogP contribution in [0, 0.1) is 0 Å². The van der Waals surface area contributed by atoms with Crippen molar-refractivity contribution in [2.75, 3.05) is 63.6 Å². The van der Waals surface area contributed by atoms with Gasteiger partial charge in [0.2, 0.25) is 10.0 Å². The van der Waals surface area contributed by atoms with Crippen LogP contribution in [0.1, 0.15) is 23.2 Å². The van der Waals surface area contributed by atoms with Crippen LogP contribution < -0.4 is 4.90 Å². The van der Waals surface area contributed by atoms with E-state index in [0.717, 1.165) is 32.2 Å². The highest BCUT2D eigenvalue weighted by Crippen LogP contribution is 2.33. The minimum atomic E-state index is -3.59. The summed E-state index contributed by atoms with van der Waals surface area (Å²) in [5.41, 5.74) is 0.668. The molecule has 0 saturated carbocycles. The molecule has 0 spiro atoms. The molecule has 0 atom stereocenters. The lowest BCUT2D eigenvalue weighted by molar-refractivity contribution is 0.0391. The van der Waals surface area contributed by atoms with Crippen LogP contribution in [-0.2, 0) is 24.6 Å². The number of amides is 1. The number of benzene rings is 2. The van der Waals surface area contributed by atoms with Gasteiger partial charge in [0, 0.05) is 51.1 Å². The molecule has 0 radical (unpaired) electrons. The second-order valence-corrected chi connectivity index (χ2v) is 14.3. The Morgan fingerprint density at radius 1 is 1.00 bits per heavy atom. The average molecular weight is 615 g/mol. The summed E-state index contributed by atoms with van der Waals surface area (Å²) in [4.78, 5) is 22.4. The Hall–Kier alpha value is -2.13. The highest BCUT2D eigenvalue weighted by Gasteiger charge is 2.28. The summed E-state index contributed by atoms with van der Waals surface area (Å²) in [5, 5.41) is 0.392. The molecule has 1 aromatic heterocycles. The summed E-state index contributed by atoms with van der Waals surface area (Å²) in [5.74, 6) is -0.330. The molecule has 0 unspecified atom stereocenters. The van der Waals surface area contributed by atoms with E-state index in [1.54, 1.807) is 17.0 Å². The molecule has 14 heteroatoms. The lowest BCUT2D eigenvalue weighted by Crippen LogP contribution is -2.43. The van der Waals surface area contributed by atoms with Crippen LogP contribution in [0.4, 0.5) is 5.13 Å². The van der Waals surface area contributed by atoms with Crippen LogP contribution in [0.2, 0.25) is 0 Å². The number of aromatic nitrogens is 1. The number of ether oxygens (including phenoxy) is 1. The molecule has 10 nitrogen and oxygen atoms in total. The van der Waals surface area contributed by atoms with Crippen LogP contribution in [0.5, 0.6) is 0 Å². The molecule has 0 N–H and O–H groups in total. The number of para-hydroxylation sites is 1. The number of sulfone groups is 1. The van der Waals surface area contributed by atoms with Crippen LogP contribution in [0.25, 0.3) is 10.2 Å². The first-order chi connectivity index (χ1) is 18.1. The van der Waals surface area contributed by atoms with Crippen LogP contribution >= 0.6 is 23.7 Å². The summed E-state index contributed by atoms with van der Waals surface area (Å²) in [6.07, 6.45) is 2.83. The first-order valence-corrected chi connectivity index (χ1v) is 16.6. The molecule has 1 amide bonds. The van der Waals surface area contributed by atoms with Crippen molar-refractivity contribution in [3.05, 3.63) is 48.0 Å². The molecule has 2 fully saturated rings. The molecule has 3 aromatic rings. The topological polar surface area (TPSA) is 117 Å². The van der Waals surface area contributed by atoms with E-state index < -0.39 is 19.9 Å². The molecule has 2 aromatic carbocycles. The lowest BCUT2D eigenvalue weighted by atomic mass is 10.2. The fourth-order valence-corrected chi connectivity index (χ4v) is 8.11. The zero-order chi connectivity index (χ0) is 26.9. The second-order valence-electron chi connectivity index (χ2n) is 9.42. The van der Waals surface area contributed by atoms with Crippen LogP contribution in [0.15, 0.2) is 52.3 Å². The van der Waals surface area contributed by atoms with Gasteiger partial charge in [-0.25, -0.2) is 21.8 Å². The van der Waals surface area contributed by atoms with Gasteiger partial charge < -0.3 is 4.74 Å². The van der Waals surface area contributed by atoms with Crippen LogP contribution in [-0.4, -0.2) is 95.7 Å². The number of rotatable bonds is 8. The van der Waals surface area contributed by atoms with E-state index in [-0.39, 0.29) is 28.1 Å².